The van der Waals surface area contributed by atoms with Crippen LogP contribution in [0.25, 0.3) is 0 Å². The summed E-state index contributed by atoms with van der Waals surface area (Å²) in [6, 6.07) is 15.5. The lowest BCUT2D eigenvalue weighted by molar-refractivity contribution is -0.385. The summed E-state index contributed by atoms with van der Waals surface area (Å²) in [6.45, 7) is 1.70. The van der Waals surface area contributed by atoms with Gasteiger partial charge in [0.15, 0.2) is 18.1 Å². The SMILES string of the molecule is COc1ccc([N+](=O)[O-])cc1OCC(=O)NC(c1ccc(C)cc1)c1cccs1. The van der Waals surface area contributed by atoms with Gasteiger partial charge in [-0.1, -0.05) is 35.9 Å². The highest BCUT2D eigenvalue weighted by molar-refractivity contribution is 7.10. The summed E-state index contributed by atoms with van der Waals surface area (Å²) in [6.07, 6.45) is 0. The fourth-order valence-corrected chi connectivity index (χ4v) is 3.57. The summed E-state index contributed by atoms with van der Waals surface area (Å²) < 4.78 is 10.7. The predicted octanol–water partition coefficient (Wildman–Crippen LogP) is 4.26. The van der Waals surface area contributed by atoms with Gasteiger partial charge in [-0.05, 0) is 30.0 Å². The van der Waals surface area contributed by atoms with Crippen molar-refractivity contribution in [2.45, 2.75) is 13.0 Å². The van der Waals surface area contributed by atoms with E-state index in [9.17, 15) is 14.9 Å². The smallest absolute Gasteiger partial charge is 0.273 e. The molecule has 0 saturated heterocycles. The van der Waals surface area contributed by atoms with E-state index in [-0.39, 0.29) is 30.0 Å². The molecule has 1 unspecified atom stereocenters. The Morgan fingerprint density at radius 3 is 2.55 bits per heavy atom. The number of hydrogen-bond donors (Lipinski definition) is 1. The van der Waals surface area contributed by atoms with Gasteiger partial charge >= 0.3 is 0 Å². The van der Waals surface area contributed by atoms with Crippen molar-refractivity contribution in [1.29, 1.82) is 0 Å². The molecule has 0 radical (unpaired) electrons. The number of benzene rings is 2. The van der Waals surface area contributed by atoms with Crippen LogP contribution in [0.2, 0.25) is 0 Å². The van der Waals surface area contributed by atoms with E-state index < -0.39 is 4.92 Å². The third-order valence-electron chi connectivity index (χ3n) is 4.26. The molecule has 0 aliphatic heterocycles. The van der Waals surface area contributed by atoms with Crippen molar-refractivity contribution in [2.24, 2.45) is 0 Å². The number of nitrogens with zero attached hydrogens (tertiary/aromatic N) is 1. The average molecular weight is 412 g/mol. The highest BCUT2D eigenvalue weighted by Gasteiger charge is 2.19. The normalized spacial score (nSPS) is 11.5. The molecule has 0 spiro atoms. The summed E-state index contributed by atoms with van der Waals surface area (Å²) in [5, 5.41) is 15.9. The fraction of sp³-hybridized carbons (Fsp3) is 0.190. The van der Waals surface area contributed by atoms with Crippen LogP contribution >= 0.6 is 11.3 Å². The standard InChI is InChI=1S/C21H20N2O5S/c1-14-5-7-15(8-6-14)21(19-4-3-11-29-19)22-20(24)13-28-18-12-16(23(25)26)9-10-17(18)27-2/h3-12,21H,13H2,1-2H3,(H,22,24). The quantitative estimate of drug-likeness (QED) is 0.441. The van der Waals surface area contributed by atoms with E-state index in [0.29, 0.717) is 5.75 Å². The minimum atomic E-state index is -0.531. The van der Waals surface area contributed by atoms with Gasteiger partial charge in [-0.3, -0.25) is 14.9 Å². The summed E-state index contributed by atoms with van der Waals surface area (Å²) in [4.78, 5) is 24.0. The largest absolute Gasteiger partial charge is 0.493 e. The first-order chi connectivity index (χ1) is 14.0. The third kappa shape index (κ3) is 5.11. The third-order valence-corrected chi connectivity index (χ3v) is 5.20. The van der Waals surface area contributed by atoms with E-state index in [0.717, 1.165) is 16.0 Å². The summed E-state index contributed by atoms with van der Waals surface area (Å²) >= 11 is 1.55. The van der Waals surface area contributed by atoms with Gasteiger partial charge in [-0.2, -0.15) is 0 Å². The monoisotopic (exact) mass is 412 g/mol. The predicted molar refractivity (Wildman–Crippen MR) is 111 cm³/mol. The van der Waals surface area contributed by atoms with Crippen molar-refractivity contribution < 1.29 is 19.2 Å². The molecule has 0 fully saturated rings. The Morgan fingerprint density at radius 2 is 1.93 bits per heavy atom. The number of carbonyl (C=O) groups is 1. The van der Waals surface area contributed by atoms with Crippen LogP contribution < -0.4 is 14.8 Å². The zero-order chi connectivity index (χ0) is 20.8. The fourth-order valence-electron chi connectivity index (χ4n) is 2.77. The minimum absolute atomic E-state index is 0.139. The van der Waals surface area contributed by atoms with E-state index >= 15 is 0 Å². The van der Waals surface area contributed by atoms with E-state index in [2.05, 4.69) is 5.32 Å². The van der Waals surface area contributed by atoms with Crippen molar-refractivity contribution >= 4 is 22.9 Å². The van der Waals surface area contributed by atoms with Gasteiger partial charge in [0.05, 0.1) is 24.1 Å². The number of amides is 1. The maximum absolute atomic E-state index is 12.6. The second kappa shape index (κ2) is 9.20. The Kier molecular flexibility index (Phi) is 6.46. The molecule has 3 aromatic rings. The molecule has 1 amide bonds. The van der Waals surface area contributed by atoms with Crippen LogP contribution in [0.15, 0.2) is 60.0 Å². The molecule has 3 rings (SSSR count). The number of carbonyl (C=O) groups excluding carboxylic acids is 1. The molecule has 7 nitrogen and oxygen atoms in total. The first kappa shape index (κ1) is 20.3. The maximum atomic E-state index is 12.6. The van der Waals surface area contributed by atoms with Crippen molar-refractivity contribution in [3.63, 3.8) is 0 Å². The number of aryl methyl sites for hydroxylation is 1. The minimum Gasteiger partial charge on any atom is -0.493 e. The second-order valence-electron chi connectivity index (χ2n) is 6.31. The molecule has 0 aliphatic carbocycles. The summed E-state index contributed by atoms with van der Waals surface area (Å²) in [5.74, 6) is 0.106. The van der Waals surface area contributed by atoms with Crippen LogP contribution in [-0.2, 0) is 4.79 Å². The second-order valence-corrected chi connectivity index (χ2v) is 7.29. The summed E-state index contributed by atoms with van der Waals surface area (Å²) in [5.41, 5.74) is 1.95. The molecule has 150 valence electrons. The Bertz CT molecular complexity index is 987. The molecule has 0 aliphatic rings. The number of ether oxygens (including phenoxy) is 2. The van der Waals surface area contributed by atoms with Crippen molar-refractivity contribution in [1.82, 2.24) is 5.32 Å². The van der Waals surface area contributed by atoms with Crippen molar-refractivity contribution in [3.05, 3.63) is 86.1 Å². The molecule has 1 atom stereocenters. The number of nitrogens with one attached hydrogen (secondary N) is 1. The molecule has 1 heterocycles. The zero-order valence-corrected chi connectivity index (χ0v) is 16.8. The van der Waals surface area contributed by atoms with Crippen molar-refractivity contribution in [3.8, 4) is 11.5 Å². The molecule has 0 saturated carbocycles. The number of hydrogen-bond acceptors (Lipinski definition) is 6. The van der Waals surface area contributed by atoms with Crippen LogP contribution in [0.4, 0.5) is 5.69 Å². The number of rotatable bonds is 8. The Hall–Kier alpha value is -3.39. The molecule has 8 heteroatoms. The number of nitro benzene ring substituents is 1. The van der Waals surface area contributed by atoms with Gasteiger partial charge in [0.1, 0.15) is 0 Å². The van der Waals surface area contributed by atoms with E-state index in [1.165, 1.54) is 25.3 Å². The van der Waals surface area contributed by atoms with Gasteiger partial charge in [0.2, 0.25) is 0 Å². The number of methoxy groups -OCH3 is 1. The molecule has 1 N–H and O–H groups in total. The lowest BCUT2D eigenvalue weighted by Crippen LogP contribution is -2.33. The number of non-ortho nitro benzene ring substituents is 1. The van der Waals surface area contributed by atoms with E-state index in [1.807, 2.05) is 48.7 Å². The first-order valence-corrected chi connectivity index (χ1v) is 9.70. The van der Waals surface area contributed by atoms with Crippen LogP contribution in [0.1, 0.15) is 22.0 Å². The molecule has 0 bridgehead atoms. The van der Waals surface area contributed by atoms with Crippen LogP contribution in [0.5, 0.6) is 11.5 Å². The average Bonchev–Trinajstić information content (AvgIpc) is 3.25. The molecular formula is C21H20N2O5S. The highest BCUT2D eigenvalue weighted by atomic mass is 32.1. The van der Waals surface area contributed by atoms with Crippen LogP contribution in [-0.4, -0.2) is 24.5 Å². The van der Waals surface area contributed by atoms with Gasteiger partial charge in [0, 0.05) is 10.9 Å². The lowest BCUT2D eigenvalue weighted by atomic mass is 10.0. The van der Waals surface area contributed by atoms with E-state index in [1.54, 1.807) is 11.3 Å². The molecule has 1 aromatic heterocycles. The highest BCUT2D eigenvalue weighted by Crippen LogP contribution is 2.31. The first-order valence-electron chi connectivity index (χ1n) is 8.82. The van der Waals surface area contributed by atoms with Crippen molar-refractivity contribution in [2.75, 3.05) is 13.7 Å². The summed E-state index contributed by atoms with van der Waals surface area (Å²) in [7, 11) is 1.43. The van der Waals surface area contributed by atoms with Crippen LogP contribution in [0, 0.1) is 17.0 Å². The number of nitro groups is 1. The van der Waals surface area contributed by atoms with Gasteiger partial charge in [-0.15, -0.1) is 11.3 Å². The van der Waals surface area contributed by atoms with E-state index in [4.69, 9.17) is 9.47 Å². The number of thiophene rings is 1. The van der Waals surface area contributed by atoms with Gasteiger partial charge < -0.3 is 14.8 Å². The lowest BCUT2D eigenvalue weighted by Gasteiger charge is -2.19. The van der Waals surface area contributed by atoms with Crippen LogP contribution in [0.3, 0.4) is 0 Å². The molecular weight excluding hydrogens is 392 g/mol. The van der Waals surface area contributed by atoms with Gasteiger partial charge in [0.25, 0.3) is 11.6 Å². The Morgan fingerprint density at radius 1 is 1.17 bits per heavy atom. The topological polar surface area (TPSA) is 90.7 Å². The van der Waals surface area contributed by atoms with Gasteiger partial charge in [-0.25, -0.2) is 0 Å². The Labute approximate surface area is 172 Å². The molecule has 2 aromatic carbocycles. The maximum Gasteiger partial charge on any atom is 0.273 e. The Balaban J connectivity index is 1.73. The zero-order valence-electron chi connectivity index (χ0n) is 16.0. The molecule has 29 heavy (non-hydrogen) atoms.